The summed E-state index contributed by atoms with van der Waals surface area (Å²) in [5, 5.41) is -0.173. The summed E-state index contributed by atoms with van der Waals surface area (Å²) in [6.07, 6.45) is 3.91. The number of ether oxygens (including phenoxy) is 1. The monoisotopic (exact) mass is 381 g/mol. The van der Waals surface area contributed by atoms with E-state index in [4.69, 9.17) is 12.6 Å². The van der Waals surface area contributed by atoms with Crippen LogP contribution in [0.15, 0.2) is 42.6 Å². The van der Waals surface area contributed by atoms with Gasteiger partial charge in [-0.2, -0.15) is 0 Å². The van der Waals surface area contributed by atoms with Crippen molar-refractivity contribution in [3.05, 3.63) is 59.4 Å². The number of ketones is 1. The molecule has 0 saturated carbocycles. The molecule has 1 heterocycles. The average Bonchev–Trinajstić information content (AvgIpc) is 2.63. The molecule has 1 unspecified atom stereocenters. The first-order valence-electron chi connectivity index (χ1n) is 8.97. The Bertz CT molecular complexity index is 777. The first kappa shape index (κ1) is 21.2. The summed E-state index contributed by atoms with van der Waals surface area (Å²) in [7, 11) is 6.13. The van der Waals surface area contributed by atoms with Crippen LogP contribution >= 0.6 is 11.8 Å². The van der Waals surface area contributed by atoms with Crippen LogP contribution in [0.3, 0.4) is 0 Å². The number of carbonyl (C=O) groups excluding carboxylic acids is 2. The lowest BCUT2D eigenvalue weighted by Gasteiger charge is -2.25. The normalized spacial score (nSPS) is 13.0. The molecule has 1 aromatic heterocycles. The molecule has 2 aromatic rings. The SMILES string of the molecule is [B]C(Cc1ccc(OCCc2ccc(CC)cn2)cc1)(SC(C)=O)C(C)=O. The first-order valence-corrected chi connectivity index (χ1v) is 9.79. The van der Waals surface area contributed by atoms with Gasteiger partial charge in [-0.15, -0.1) is 0 Å². The van der Waals surface area contributed by atoms with Crippen molar-refractivity contribution < 1.29 is 14.3 Å². The molecule has 0 spiro atoms. The van der Waals surface area contributed by atoms with E-state index >= 15 is 0 Å². The predicted molar refractivity (Wildman–Crippen MR) is 110 cm³/mol. The topological polar surface area (TPSA) is 56.3 Å². The molecule has 0 bridgehead atoms. The Morgan fingerprint density at radius 3 is 2.30 bits per heavy atom. The van der Waals surface area contributed by atoms with Crippen LogP contribution in [0, 0.1) is 0 Å². The number of Topliss-reactive ketones (excluding diaryl/α,β-unsaturated/α-hetero) is 1. The molecular weight excluding hydrogens is 357 g/mol. The summed E-state index contributed by atoms with van der Waals surface area (Å²) < 4.78 is 4.53. The number of pyridine rings is 1. The summed E-state index contributed by atoms with van der Waals surface area (Å²) >= 11 is 0.874. The van der Waals surface area contributed by atoms with Crippen LogP contribution < -0.4 is 4.74 Å². The fourth-order valence-electron chi connectivity index (χ4n) is 2.58. The number of rotatable bonds is 9. The molecule has 140 valence electrons. The van der Waals surface area contributed by atoms with Crippen LogP contribution in [0.4, 0.5) is 0 Å². The molecule has 4 nitrogen and oxygen atoms in total. The highest BCUT2D eigenvalue weighted by Crippen LogP contribution is 2.28. The van der Waals surface area contributed by atoms with E-state index in [1.54, 1.807) is 0 Å². The zero-order valence-electron chi connectivity index (χ0n) is 16.0. The molecule has 2 radical (unpaired) electrons. The van der Waals surface area contributed by atoms with Gasteiger partial charge in [-0.05, 0) is 49.1 Å². The van der Waals surface area contributed by atoms with Gasteiger partial charge in [0.15, 0.2) is 5.12 Å². The molecular formula is C21H24BNO3S. The van der Waals surface area contributed by atoms with E-state index in [-0.39, 0.29) is 10.9 Å². The second kappa shape index (κ2) is 9.74. The number of aryl methyl sites for hydroxylation is 1. The maximum Gasteiger partial charge on any atom is 0.186 e. The molecule has 0 aliphatic carbocycles. The highest BCUT2D eigenvalue weighted by molar-refractivity contribution is 8.16. The van der Waals surface area contributed by atoms with Gasteiger partial charge in [-0.25, -0.2) is 0 Å². The van der Waals surface area contributed by atoms with Gasteiger partial charge in [0.2, 0.25) is 0 Å². The van der Waals surface area contributed by atoms with E-state index < -0.39 is 4.65 Å². The van der Waals surface area contributed by atoms with Crippen molar-refractivity contribution in [2.24, 2.45) is 0 Å². The quantitative estimate of drug-likeness (QED) is 0.622. The van der Waals surface area contributed by atoms with E-state index in [2.05, 4.69) is 18.0 Å². The van der Waals surface area contributed by atoms with Gasteiger partial charge in [0.1, 0.15) is 19.4 Å². The summed E-state index contributed by atoms with van der Waals surface area (Å²) in [5.41, 5.74) is 3.10. The molecule has 0 amide bonds. The van der Waals surface area contributed by atoms with Crippen molar-refractivity contribution in [3.8, 4) is 5.75 Å². The maximum atomic E-state index is 11.9. The van der Waals surface area contributed by atoms with Gasteiger partial charge in [0.05, 0.1) is 6.61 Å². The Kier molecular flexibility index (Phi) is 7.66. The minimum absolute atomic E-state index is 0.173. The molecule has 27 heavy (non-hydrogen) atoms. The average molecular weight is 381 g/mol. The molecule has 6 heteroatoms. The lowest BCUT2D eigenvalue weighted by atomic mass is 9.78. The van der Waals surface area contributed by atoms with Crippen molar-refractivity contribution in [1.29, 1.82) is 0 Å². The van der Waals surface area contributed by atoms with E-state index in [9.17, 15) is 9.59 Å². The van der Waals surface area contributed by atoms with Gasteiger partial charge in [0.25, 0.3) is 0 Å². The van der Waals surface area contributed by atoms with Crippen molar-refractivity contribution in [2.45, 2.75) is 44.7 Å². The zero-order valence-corrected chi connectivity index (χ0v) is 16.8. The molecule has 0 aliphatic rings. The van der Waals surface area contributed by atoms with Crippen molar-refractivity contribution in [2.75, 3.05) is 6.61 Å². The van der Waals surface area contributed by atoms with Crippen LogP contribution in [0.2, 0.25) is 0 Å². The highest BCUT2D eigenvalue weighted by atomic mass is 32.2. The summed E-state index contributed by atoms with van der Waals surface area (Å²) in [4.78, 5) is 27.7. The fraction of sp³-hybridized carbons (Fsp3) is 0.381. The van der Waals surface area contributed by atoms with Gasteiger partial charge < -0.3 is 4.74 Å². The standard InChI is InChI=1S/C21H24BNO3S/c1-4-17-5-8-19(23-14-17)11-12-26-20-9-6-18(7-10-20)13-21(22,15(2)24)27-16(3)25/h5-10,14H,4,11-13H2,1-3H3. The predicted octanol–water partition coefficient (Wildman–Crippen LogP) is 3.54. The van der Waals surface area contributed by atoms with Crippen molar-refractivity contribution in [1.82, 2.24) is 4.98 Å². The fourth-order valence-corrected chi connectivity index (χ4v) is 3.48. The lowest BCUT2D eigenvalue weighted by molar-refractivity contribution is -0.118. The summed E-state index contributed by atoms with van der Waals surface area (Å²) in [6.45, 7) is 5.46. The minimum Gasteiger partial charge on any atom is -0.493 e. The Morgan fingerprint density at radius 2 is 1.78 bits per heavy atom. The van der Waals surface area contributed by atoms with Crippen molar-refractivity contribution in [3.63, 3.8) is 0 Å². The number of aromatic nitrogens is 1. The molecule has 1 atom stereocenters. The van der Waals surface area contributed by atoms with Gasteiger partial charge in [-0.1, -0.05) is 36.9 Å². The molecule has 1 aromatic carbocycles. The van der Waals surface area contributed by atoms with E-state index in [1.165, 1.54) is 19.4 Å². The summed E-state index contributed by atoms with van der Waals surface area (Å²) in [5.74, 6) is 0.526. The van der Waals surface area contributed by atoms with Crippen LogP contribution in [0.1, 0.15) is 37.6 Å². The lowest BCUT2D eigenvalue weighted by Crippen LogP contribution is -2.37. The Balaban J connectivity index is 1.90. The molecule has 2 rings (SSSR count). The van der Waals surface area contributed by atoms with Crippen LogP contribution in [-0.4, -0.2) is 35.0 Å². The smallest absolute Gasteiger partial charge is 0.186 e. The molecule has 0 aliphatic heterocycles. The third kappa shape index (κ3) is 6.54. The molecule has 0 saturated heterocycles. The maximum absolute atomic E-state index is 11.9. The van der Waals surface area contributed by atoms with Crippen molar-refractivity contribution >= 4 is 30.5 Å². The second-order valence-corrected chi connectivity index (χ2v) is 7.98. The number of hydrogen-bond acceptors (Lipinski definition) is 5. The highest BCUT2D eigenvalue weighted by Gasteiger charge is 2.31. The second-order valence-electron chi connectivity index (χ2n) is 6.47. The van der Waals surface area contributed by atoms with Crippen LogP contribution in [0.25, 0.3) is 0 Å². The third-order valence-electron chi connectivity index (χ3n) is 4.23. The van der Waals surface area contributed by atoms with E-state index in [0.717, 1.165) is 41.6 Å². The first-order chi connectivity index (χ1) is 12.8. The third-order valence-corrected chi connectivity index (χ3v) is 5.32. The number of benzene rings is 1. The molecule has 0 fully saturated rings. The Morgan fingerprint density at radius 1 is 1.11 bits per heavy atom. The van der Waals surface area contributed by atoms with E-state index in [1.807, 2.05) is 36.5 Å². The Labute approximate surface area is 166 Å². The van der Waals surface area contributed by atoms with Crippen LogP contribution in [0.5, 0.6) is 5.75 Å². The number of carbonyl (C=O) groups is 2. The Hall–Kier alpha value is -2.08. The number of nitrogens with zero attached hydrogens (tertiary/aromatic N) is 1. The van der Waals surface area contributed by atoms with Gasteiger partial charge in [0, 0.05) is 29.9 Å². The largest absolute Gasteiger partial charge is 0.493 e. The van der Waals surface area contributed by atoms with Crippen LogP contribution in [-0.2, 0) is 28.9 Å². The zero-order chi connectivity index (χ0) is 19.9. The molecule has 0 N–H and O–H groups in total. The minimum atomic E-state index is -1.23. The van der Waals surface area contributed by atoms with Gasteiger partial charge >= 0.3 is 0 Å². The van der Waals surface area contributed by atoms with E-state index in [0.29, 0.717) is 13.0 Å². The number of thioether (sulfide) groups is 1. The number of hydrogen-bond donors (Lipinski definition) is 0. The summed E-state index contributed by atoms with van der Waals surface area (Å²) in [6, 6.07) is 11.6. The van der Waals surface area contributed by atoms with Gasteiger partial charge in [-0.3, -0.25) is 14.6 Å².